The standard InChI is InChI=1S/C12H15NO/c1-4-9-13-10(2)11-5-7-12(14-3)8-6-11/h1,5-8,10,13H,9H2,2-3H3. The molecule has 0 bridgehead atoms. The lowest BCUT2D eigenvalue weighted by atomic mass is 10.1. The van der Waals surface area contributed by atoms with E-state index in [1.807, 2.05) is 24.3 Å². The molecule has 0 aromatic heterocycles. The molecule has 2 nitrogen and oxygen atoms in total. The van der Waals surface area contributed by atoms with Gasteiger partial charge in [-0.25, -0.2) is 0 Å². The Morgan fingerprint density at radius 3 is 2.57 bits per heavy atom. The molecule has 1 rings (SSSR count). The molecule has 1 atom stereocenters. The number of ether oxygens (including phenoxy) is 1. The summed E-state index contributed by atoms with van der Waals surface area (Å²) in [5.41, 5.74) is 1.21. The number of hydrogen-bond acceptors (Lipinski definition) is 2. The average molecular weight is 189 g/mol. The Morgan fingerprint density at radius 1 is 1.43 bits per heavy atom. The molecule has 0 fully saturated rings. The normalized spacial score (nSPS) is 11.8. The summed E-state index contributed by atoms with van der Waals surface area (Å²) in [6.07, 6.45) is 5.17. The van der Waals surface area contributed by atoms with E-state index in [0.717, 1.165) is 5.75 Å². The summed E-state index contributed by atoms with van der Waals surface area (Å²) in [6.45, 7) is 2.67. The fraction of sp³-hybridized carbons (Fsp3) is 0.333. The van der Waals surface area contributed by atoms with Crippen LogP contribution in [0.2, 0.25) is 0 Å². The molecule has 0 amide bonds. The summed E-state index contributed by atoms with van der Waals surface area (Å²) in [4.78, 5) is 0. The third-order valence-electron chi connectivity index (χ3n) is 2.13. The molecule has 1 N–H and O–H groups in total. The molecular formula is C12H15NO. The zero-order valence-corrected chi connectivity index (χ0v) is 8.58. The molecule has 0 spiro atoms. The molecule has 0 saturated carbocycles. The maximum Gasteiger partial charge on any atom is 0.118 e. The first-order valence-corrected chi connectivity index (χ1v) is 4.58. The van der Waals surface area contributed by atoms with E-state index in [9.17, 15) is 0 Å². The Hall–Kier alpha value is -1.46. The molecule has 0 aliphatic carbocycles. The van der Waals surface area contributed by atoms with Crippen LogP contribution in [-0.4, -0.2) is 13.7 Å². The number of methoxy groups -OCH3 is 1. The molecule has 1 unspecified atom stereocenters. The van der Waals surface area contributed by atoms with Crippen molar-refractivity contribution in [3.05, 3.63) is 29.8 Å². The highest BCUT2D eigenvalue weighted by molar-refractivity contribution is 5.28. The second-order valence-electron chi connectivity index (χ2n) is 3.08. The van der Waals surface area contributed by atoms with Gasteiger partial charge < -0.3 is 4.74 Å². The molecule has 1 aromatic rings. The minimum absolute atomic E-state index is 0.275. The van der Waals surface area contributed by atoms with Gasteiger partial charge in [-0.3, -0.25) is 5.32 Å². The lowest BCUT2D eigenvalue weighted by Gasteiger charge is -2.12. The van der Waals surface area contributed by atoms with Crippen molar-refractivity contribution >= 4 is 0 Å². The molecule has 2 heteroatoms. The van der Waals surface area contributed by atoms with Crippen LogP contribution in [0.1, 0.15) is 18.5 Å². The highest BCUT2D eigenvalue weighted by Gasteiger charge is 2.02. The van der Waals surface area contributed by atoms with Crippen LogP contribution in [0.15, 0.2) is 24.3 Å². The second kappa shape index (κ2) is 5.31. The summed E-state index contributed by atoms with van der Waals surface area (Å²) < 4.78 is 5.08. The van der Waals surface area contributed by atoms with Crippen LogP contribution < -0.4 is 10.1 Å². The molecule has 0 radical (unpaired) electrons. The van der Waals surface area contributed by atoms with E-state index >= 15 is 0 Å². The number of benzene rings is 1. The van der Waals surface area contributed by atoms with E-state index < -0.39 is 0 Å². The first kappa shape index (κ1) is 10.6. The van der Waals surface area contributed by atoms with E-state index in [1.54, 1.807) is 7.11 Å². The predicted octanol–water partition coefficient (Wildman–Crippen LogP) is 1.98. The number of rotatable bonds is 4. The predicted molar refractivity (Wildman–Crippen MR) is 58.2 cm³/mol. The van der Waals surface area contributed by atoms with Crippen molar-refractivity contribution in [1.82, 2.24) is 5.32 Å². The quantitative estimate of drug-likeness (QED) is 0.731. The van der Waals surface area contributed by atoms with Gasteiger partial charge in [-0.05, 0) is 24.6 Å². The summed E-state index contributed by atoms with van der Waals surface area (Å²) in [7, 11) is 1.66. The van der Waals surface area contributed by atoms with Crippen molar-refractivity contribution in [2.24, 2.45) is 0 Å². The van der Waals surface area contributed by atoms with Crippen molar-refractivity contribution in [3.8, 4) is 18.1 Å². The lowest BCUT2D eigenvalue weighted by molar-refractivity contribution is 0.414. The van der Waals surface area contributed by atoms with E-state index in [4.69, 9.17) is 11.2 Å². The first-order chi connectivity index (χ1) is 6.77. The van der Waals surface area contributed by atoms with Gasteiger partial charge in [0, 0.05) is 6.04 Å². The van der Waals surface area contributed by atoms with E-state index in [1.165, 1.54) is 5.56 Å². The summed E-state index contributed by atoms with van der Waals surface area (Å²) in [5, 5.41) is 3.21. The molecule has 0 aliphatic rings. The largest absolute Gasteiger partial charge is 0.497 e. The van der Waals surface area contributed by atoms with Crippen molar-refractivity contribution in [2.75, 3.05) is 13.7 Å². The van der Waals surface area contributed by atoms with Crippen molar-refractivity contribution in [3.63, 3.8) is 0 Å². The van der Waals surface area contributed by atoms with Gasteiger partial charge in [-0.2, -0.15) is 0 Å². The van der Waals surface area contributed by atoms with Crippen LogP contribution in [0, 0.1) is 12.3 Å². The zero-order valence-electron chi connectivity index (χ0n) is 8.58. The molecule has 0 heterocycles. The third-order valence-corrected chi connectivity index (χ3v) is 2.13. The molecule has 0 saturated heterocycles. The highest BCUT2D eigenvalue weighted by atomic mass is 16.5. The number of hydrogen-bond donors (Lipinski definition) is 1. The van der Waals surface area contributed by atoms with Gasteiger partial charge in [0.15, 0.2) is 0 Å². The van der Waals surface area contributed by atoms with E-state index in [0.29, 0.717) is 6.54 Å². The lowest BCUT2D eigenvalue weighted by Crippen LogP contribution is -2.18. The summed E-state index contributed by atoms with van der Waals surface area (Å²) in [5.74, 6) is 3.43. The van der Waals surface area contributed by atoms with Crippen LogP contribution >= 0.6 is 0 Å². The molecule has 0 aliphatic heterocycles. The van der Waals surface area contributed by atoms with Crippen LogP contribution in [0.4, 0.5) is 0 Å². The van der Waals surface area contributed by atoms with Gasteiger partial charge in [0.2, 0.25) is 0 Å². The van der Waals surface area contributed by atoms with Gasteiger partial charge in [-0.1, -0.05) is 18.1 Å². The monoisotopic (exact) mass is 189 g/mol. The topological polar surface area (TPSA) is 21.3 Å². The Kier molecular flexibility index (Phi) is 4.03. The molecular weight excluding hydrogens is 174 g/mol. The van der Waals surface area contributed by atoms with Crippen LogP contribution in [0.25, 0.3) is 0 Å². The Labute approximate surface area is 85.3 Å². The van der Waals surface area contributed by atoms with E-state index in [2.05, 4.69) is 18.2 Å². The van der Waals surface area contributed by atoms with Crippen molar-refractivity contribution < 1.29 is 4.74 Å². The molecule has 74 valence electrons. The van der Waals surface area contributed by atoms with Gasteiger partial charge in [0.25, 0.3) is 0 Å². The minimum Gasteiger partial charge on any atom is -0.497 e. The average Bonchev–Trinajstić information content (AvgIpc) is 2.26. The van der Waals surface area contributed by atoms with Gasteiger partial charge >= 0.3 is 0 Å². The van der Waals surface area contributed by atoms with Crippen LogP contribution in [-0.2, 0) is 0 Å². The second-order valence-corrected chi connectivity index (χ2v) is 3.08. The van der Waals surface area contributed by atoms with Crippen LogP contribution in [0.5, 0.6) is 5.75 Å². The van der Waals surface area contributed by atoms with E-state index in [-0.39, 0.29) is 6.04 Å². The summed E-state index contributed by atoms with van der Waals surface area (Å²) in [6, 6.07) is 8.24. The minimum atomic E-state index is 0.275. The zero-order chi connectivity index (χ0) is 10.4. The molecule has 1 aromatic carbocycles. The number of terminal acetylenes is 1. The van der Waals surface area contributed by atoms with Gasteiger partial charge in [-0.15, -0.1) is 6.42 Å². The van der Waals surface area contributed by atoms with Gasteiger partial charge in [0.05, 0.1) is 13.7 Å². The Bertz CT molecular complexity index is 310. The number of nitrogens with one attached hydrogen (secondary N) is 1. The Morgan fingerprint density at radius 2 is 2.07 bits per heavy atom. The fourth-order valence-electron chi connectivity index (χ4n) is 1.22. The Balaban J connectivity index is 2.62. The third kappa shape index (κ3) is 2.79. The smallest absolute Gasteiger partial charge is 0.118 e. The molecule has 14 heavy (non-hydrogen) atoms. The fourth-order valence-corrected chi connectivity index (χ4v) is 1.22. The maximum absolute atomic E-state index is 5.17. The van der Waals surface area contributed by atoms with Crippen molar-refractivity contribution in [2.45, 2.75) is 13.0 Å². The van der Waals surface area contributed by atoms with Gasteiger partial charge in [0.1, 0.15) is 5.75 Å². The summed E-state index contributed by atoms with van der Waals surface area (Å²) >= 11 is 0. The highest BCUT2D eigenvalue weighted by Crippen LogP contribution is 2.16. The SMILES string of the molecule is C#CCNC(C)c1ccc(OC)cc1. The first-order valence-electron chi connectivity index (χ1n) is 4.58. The van der Waals surface area contributed by atoms with Crippen LogP contribution in [0.3, 0.4) is 0 Å². The maximum atomic E-state index is 5.17. The van der Waals surface area contributed by atoms with Crippen molar-refractivity contribution in [1.29, 1.82) is 0 Å².